The fourth-order valence-corrected chi connectivity index (χ4v) is 10.6. The molecule has 0 unspecified atom stereocenters. The van der Waals surface area contributed by atoms with E-state index >= 15 is 0 Å². The Kier molecular flexibility index (Phi) is 9.81. The van der Waals surface area contributed by atoms with E-state index in [1.54, 1.807) is 0 Å². The molecule has 0 spiro atoms. The summed E-state index contributed by atoms with van der Waals surface area (Å²) >= 11 is 0. The molecule has 0 atom stereocenters. The van der Waals surface area contributed by atoms with Crippen LogP contribution in [0.4, 0.5) is 17.1 Å². The lowest BCUT2D eigenvalue weighted by molar-refractivity contribution is 0.769. The van der Waals surface area contributed by atoms with E-state index in [-0.39, 0.29) is 0 Å². The van der Waals surface area contributed by atoms with E-state index in [1.807, 2.05) is 0 Å². The van der Waals surface area contributed by atoms with Crippen LogP contribution in [0.1, 0.15) is 22.3 Å². The van der Waals surface area contributed by atoms with Crippen LogP contribution in [0.3, 0.4) is 0 Å². The van der Waals surface area contributed by atoms with Crippen molar-refractivity contribution < 1.29 is 0 Å². The third kappa shape index (κ3) is 6.56. The average molecular weight is 840 g/mol. The number of benzene rings is 11. The first kappa shape index (κ1) is 39.1. The Bertz CT molecular complexity index is 3470. The minimum atomic E-state index is -0.462. The number of rotatable bonds is 9. The average Bonchev–Trinajstić information content (AvgIpc) is 3.70. The van der Waals surface area contributed by atoms with E-state index in [2.05, 4.69) is 278 Å². The Labute approximate surface area is 387 Å². The van der Waals surface area contributed by atoms with Crippen molar-refractivity contribution in [1.82, 2.24) is 0 Å². The second-order valence-corrected chi connectivity index (χ2v) is 17.2. The van der Waals surface area contributed by atoms with Gasteiger partial charge in [0.05, 0.1) is 11.1 Å². The molecule has 310 valence electrons. The van der Waals surface area contributed by atoms with Gasteiger partial charge in [-0.25, -0.2) is 0 Å². The molecule has 1 aliphatic rings. The normalized spacial score (nSPS) is 12.4. The van der Waals surface area contributed by atoms with Crippen molar-refractivity contribution in [2.24, 2.45) is 0 Å². The van der Waals surface area contributed by atoms with E-state index < -0.39 is 5.41 Å². The number of para-hydroxylation sites is 1. The van der Waals surface area contributed by atoms with Gasteiger partial charge >= 0.3 is 0 Å². The molecule has 0 fully saturated rings. The molecular formula is C65H45N. The smallest absolute Gasteiger partial charge is 0.0713 e. The minimum Gasteiger partial charge on any atom is -0.310 e. The minimum absolute atomic E-state index is 0.462. The zero-order chi connectivity index (χ0) is 43.9. The summed E-state index contributed by atoms with van der Waals surface area (Å²) in [6.07, 6.45) is 0. The summed E-state index contributed by atoms with van der Waals surface area (Å²) in [5.74, 6) is 0. The van der Waals surface area contributed by atoms with Gasteiger partial charge in [0.2, 0.25) is 0 Å². The van der Waals surface area contributed by atoms with Crippen LogP contribution in [-0.4, -0.2) is 0 Å². The second-order valence-electron chi connectivity index (χ2n) is 17.2. The molecule has 0 saturated heterocycles. The number of nitrogens with zero attached hydrogens (tertiary/aromatic N) is 1. The van der Waals surface area contributed by atoms with E-state index in [9.17, 15) is 0 Å². The van der Waals surface area contributed by atoms with Crippen LogP contribution in [0.25, 0.3) is 66.4 Å². The quantitative estimate of drug-likeness (QED) is 0.140. The van der Waals surface area contributed by atoms with Gasteiger partial charge in [0.1, 0.15) is 0 Å². The van der Waals surface area contributed by atoms with Crippen LogP contribution in [-0.2, 0) is 5.41 Å². The Hall–Kier alpha value is -8.52. The molecule has 1 heteroatoms. The summed E-state index contributed by atoms with van der Waals surface area (Å²) in [7, 11) is 0. The topological polar surface area (TPSA) is 3.24 Å². The molecule has 1 aliphatic carbocycles. The van der Waals surface area contributed by atoms with Crippen molar-refractivity contribution in [3.05, 3.63) is 295 Å². The van der Waals surface area contributed by atoms with Gasteiger partial charge in [0, 0.05) is 16.9 Å². The molecule has 0 aromatic heterocycles. The SMILES string of the molecule is c1ccc(-c2ccccc2-c2ccccc2N(c2ccc(-c3ccc4c(c3)C(c3ccccc3)(c3ccccc3)c3ccccc3-4)cc2)c2cccc(-c3cccc4ccccc34)c2)cc1. The van der Waals surface area contributed by atoms with Gasteiger partial charge in [-0.2, -0.15) is 0 Å². The van der Waals surface area contributed by atoms with Gasteiger partial charge in [-0.05, 0) is 119 Å². The highest BCUT2D eigenvalue weighted by molar-refractivity contribution is 5.99. The van der Waals surface area contributed by atoms with Gasteiger partial charge in [0.15, 0.2) is 0 Å². The van der Waals surface area contributed by atoms with Crippen molar-refractivity contribution >= 4 is 27.8 Å². The lowest BCUT2D eigenvalue weighted by atomic mass is 9.67. The summed E-state index contributed by atoms with van der Waals surface area (Å²) in [5.41, 5.74) is 20.0. The first-order valence-electron chi connectivity index (χ1n) is 22.8. The molecule has 66 heavy (non-hydrogen) atoms. The predicted octanol–water partition coefficient (Wildman–Crippen LogP) is 17.3. The van der Waals surface area contributed by atoms with Crippen LogP contribution in [0.2, 0.25) is 0 Å². The van der Waals surface area contributed by atoms with Crippen molar-refractivity contribution in [1.29, 1.82) is 0 Å². The van der Waals surface area contributed by atoms with Crippen LogP contribution < -0.4 is 4.90 Å². The number of hydrogen-bond acceptors (Lipinski definition) is 1. The molecule has 0 radical (unpaired) electrons. The van der Waals surface area contributed by atoms with Gasteiger partial charge in [0.25, 0.3) is 0 Å². The van der Waals surface area contributed by atoms with Gasteiger partial charge in [-0.3, -0.25) is 0 Å². The highest BCUT2D eigenvalue weighted by Gasteiger charge is 2.46. The number of anilines is 3. The van der Waals surface area contributed by atoms with Gasteiger partial charge in [-0.1, -0.05) is 237 Å². The van der Waals surface area contributed by atoms with E-state index in [4.69, 9.17) is 0 Å². The van der Waals surface area contributed by atoms with Gasteiger partial charge in [-0.15, -0.1) is 0 Å². The van der Waals surface area contributed by atoms with Crippen LogP contribution >= 0.6 is 0 Å². The molecule has 0 bridgehead atoms. The molecule has 0 N–H and O–H groups in total. The molecular weight excluding hydrogens is 795 g/mol. The maximum absolute atomic E-state index is 2.45. The molecule has 12 rings (SSSR count). The number of hydrogen-bond donors (Lipinski definition) is 0. The van der Waals surface area contributed by atoms with Gasteiger partial charge < -0.3 is 4.90 Å². The Balaban J connectivity index is 1.02. The van der Waals surface area contributed by atoms with Crippen molar-refractivity contribution in [3.63, 3.8) is 0 Å². The fraction of sp³-hybridized carbons (Fsp3) is 0.0154. The zero-order valence-electron chi connectivity index (χ0n) is 36.4. The summed E-state index contributed by atoms with van der Waals surface area (Å²) in [6.45, 7) is 0. The van der Waals surface area contributed by atoms with Crippen LogP contribution in [0.15, 0.2) is 273 Å². The molecule has 0 saturated carbocycles. The summed E-state index contributed by atoms with van der Waals surface area (Å²) in [5, 5.41) is 2.47. The Morgan fingerprint density at radius 2 is 0.788 bits per heavy atom. The molecule has 0 aliphatic heterocycles. The first-order valence-corrected chi connectivity index (χ1v) is 22.8. The molecule has 11 aromatic carbocycles. The molecule has 0 heterocycles. The molecule has 11 aromatic rings. The van der Waals surface area contributed by atoms with Crippen molar-refractivity contribution in [2.75, 3.05) is 4.90 Å². The largest absolute Gasteiger partial charge is 0.310 e. The fourth-order valence-electron chi connectivity index (χ4n) is 10.6. The summed E-state index contributed by atoms with van der Waals surface area (Å²) < 4.78 is 0. The van der Waals surface area contributed by atoms with E-state index in [0.29, 0.717) is 0 Å². The number of fused-ring (bicyclic) bond motifs is 4. The lowest BCUT2D eigenvalue weighted by Gasteiger charge is -2.34. The predicted molar refractivity (Wildman–Crippen MR) is 278 cm³/mol. The lowest BCUT2D eigenvalue weighted by Crippen LogP contribution is -2.28. The third-order valence-corrected chi connectivity index (χ3v) is 13.6. The monoisotopic (exact) mass is 839 g/mol. The van der Waals surface area contributed by atoms with E-state index in [1.165, 1.54) is 83.1 Å². The third-order valence-electron chi connectivity index (χ3n) is 13.6. The summed E-state index contributed by atoms with van der Waals surface area (Å²) in [4.78, 5) is 2.44. The molecule has 1 nitrogen and oxygen atoms in total. The maximum Gasteiger partial charge on any atom is 0.0713 e. The van der Waals surface area contributed by atoms with Crippen LogP contribution in [0, 0.1) is 0 Å². The second kappa shape index (κ2) is 16.6. The Morgan fingerprint density at radius 1 is 0.258 bits per heavy atom. The zero-order valence-corrected chi connectivity index (χ0v) is 36.4. The van der Waals surface area contributed by atoms with E-state index in [0.717, 1.165) is 22.6 Å². The van der Waals surface area contributed by atoms with Crippen LogP contribution in [0.5, 0.6) is 0 Å². The summed E-state index contributed by atoms with van der Waals surface area (Å²) in [6, 6.07) is 100.0. The Morgan fingerprint density at radius 3 is 1.55 bits per heavy atom. The highest BCUT2D eigenvalue weighted by Crippen LogP contribution is 2.57. The standard InChI is InChI=1S/C65H45N/c1-4-20-47(21-5-1)56-31-12-13-32-58(56)61-34-15-17-37-64(61)66(54-29-18-24-50(44-54)57-35-19-23-48-22-10-11-30-55(48)57)53-41-38-46(39-42-53)49-40-43-60-59-33-14-16-36-62(59)65(63(60)45-49,51-25-6-2-7-26-51)52-27-8-3-9-28-52/h1-45H. The molecule has 0 amide bonds. The maximum atomic E-state index is 2.45. The highest BCUT2D eigenvalue weighted by atomic mass is 15.1. The van der Waals surface area contributed by atoms with Crippen molar-refractivity contribution in [3.8, 4) is 55.6 Å². The first-order chi connectivity index (χ1) is 32.8. The van der Waals surface area contributed by atoms with Crippen molar-refractivity contribution in [2.45, 2.75) is 5.41 Å².